The number of carbonyl (C=O) groups excluding carboxylic acids is 1. The van der Waals surface area contributed by atoms with Gasteiger partial charge in [-0.3, -0.25) is 9.78 Å². The highest BCUT2D eigenvalue weighted by molar-refractivity contribution is 5.85. The molecule has 29 heavy (non-hydrogen) atoms. The van der Waals surface area contributed by atoms with Gasteiger partial charge in [0.1, 0.15) is 0 Å². The van der Waals surface area contributed by atoms with Crippen LogP contribution in [0.25, 0.3) is 11.3 Å². The van der Waals surface area contributed by atoms with Gasteiger partial charge in [-0.1, -0.05) is 0 Å². The first-order valence-electron chi connectivity index (χ1n) is 10.1. The van der Waals surface area contributed by atoms with E-state index in [0.29, 0.717) is 32.3 Å². The van der Waals surface area contributed by atoms with Crippen molar-refractivity contribution in [1.29, 1.82) is 0 Å². The minimum absolute atomic E-state index is 0.0599. The topological polar surface area (TPSA) is 80.2 Å². The molecule has 2 atom stereocenters. The molecule has 0 saturated carbocycles. The Morgan fingerprint density at radius 1 is 1.24 bits per heavy atom. The van der Waals surface area contributed by atoms with Crippen molar-refractivity contribution in [3.63, 3.8) is 0 Å². The van der Waals surface area contributed by atoms with Crippen molar-refractivity contribution in [2.45, 2.75) is 40.2 Å². The Kier molecular flexibility index (Phi) is 4.81. The molecule has 2 fully saturated rings. The monoisotopic (exact) mass is 395 g/mol. The Hall–Kier alpha value is -2.54. The molecule has 0 unspecified atom stereocenters. The van der Waals surface area contributed by atoms with Gasteiger partial charge in [0, 0.05) is 47.7 Å². The summed E-state index contributed by atoms with van der Waals surface area (Å²) in [5.41, 5.74) is 2.96. The Balaban J connectivity index is 1.61. The fourth-order valence-corrected chi connectivity index (χ4v) is 4.28. The molecule has 0 aromatic carbocycles. The fraction of sp³-hybridized carbons (Fsp3) is 0.545. The molecule has 0 bridgehead atoms. The van der Waals surface area contributed by atoms with E-state index in [1.165, 1.54) is 0 Å². The summed E-state index contributed by atoms with van der Waals surface area (Å²) in [4.78, 5) is 29.1. The van der Waals surface area contributed by atoms with Crippen LogP contribution < -0.4 is 10.2 Å². The molecule has 1 amide bonds. The third-order valence-electron chi connectivity index (χ3n) is 5.74. The van der Waals surface area contributed by atoms with Gasteiger partial charge in [0.05, 0.1) is 24.3 Å². The summed E-state index contributed by atoms with van der Waals surface area (Å²) in [6.45, 7) is 12.3. The fourth-order valence-electron chi connectivity index (χ4n) is 4.28. The number of anilines is 1. The van der Waals surface area contributed by atoms with Gasteiger partial charge in [0.25, 0.3) is 0 Å². The first-order chi connectivity index (χ1) is 13.7. The van der Waals surface area contributed by atoms with Gasteiger partial charge in [0.15, 0.2) is 0 Å². The van der Waals surface area contributed by atoms with Crippen LogP contribution in [0.1, 0.15) is 32.2 Å². The minimum atomic E-state index is -0.548. The summed E-state index contributed by atoms with van der Waals surface area (Å²) in [5, 5.41) is 3.15. The standard InChI is InChI=1S/C22H29N5O2/c1-14-6-7-17(15(2)24-14)18-8-9-23-20(25-18)27-10-16-11-29-13-22(16,12-27)19(28)26-21(3,4)5/h6-9,16H,10-13H2,1-5H3,(H,26,28)/t16-,22-/m0/s1. The van der Waals surface area contributed by atoms with E-state index in [0.717, 1.165) is 22.6 Å². The van der Waals surface area contributed by atoms with Crippen LogP contribution in [0.2, 0.25) is 0 Å². The van der Waals surface area contributed by atoms with E-state index in [1.807, 2.05) is 46.8 Å². The predicted octanol–water partition coefficient (Wildman–Crippen LogP) is 2.52. The molecular formula is C22H29N5O2. The Morgan fingerprint density at radius 3 is 2.76 bits per heavy atom. The highest BCUT2D eigenvalue weighted by Gasteiger charge is 2.56. The van der Waals surface area contributed by atoms with E-state index in [1.54, 1.807) is 6.20 Å². The van der Waals surface area contributed by atoms with Crippen molar-refractivity contribution in [2.24, 2.45) is 11.3 Å². The second-order valence-electron chi connectivity index (χ2n) is 9.28. The molecule has 7 nitrogen and oxygen atoms in total. The maximum absolute atomic E-state index is 13.1. The van der Waals surface area contributed by atoms with Crippen LogP contribution in [0.4, 0.5) is 5.95 Å². The van der Waals surface area contributed by atoms with Crippen LogP contribution >= 0.6 is 0 Å². The normalized spacial score (nSPS) is 23.9. The summed E-state index contributed by atoms with van der Waals surface area (Å²) in [6, 6.07) is 5.95. The number of ether oxygens (including phenoxy) is 1. The zero-order valence-electron chi connectivity index (χ0n) is 17.8. The molecule has 7 heteroatoms. The Labute approximate surface area is 171 Å². The predicted molar refractivity (Wildman–Crippen MR) is 112 cm³/mol. The third-order valence-corrected chi connectivity index (χ3v) is 5.74. The molecule has 2 aliphatic heterocycles. The lowest BCUT2D eigenvalue weighted by Gasteiger charge is -2.30. The summed E-state index contributed by atoms with van der Waals surface area (Å²) in [6.07, 6.45) is 1.78. The van der Waals surface area contributed by atoms with E-state index in [2.05, 4.69) is 26.3 Å². The summed E-state index contributed by atoms with van der Waals surface area (Å²) in [7, 11) is 0. The highest BCUT2D eigenvalue weighted by Crippen LogP contribution is 2.43. The molecule has 0 spiro atoms. The summed E-state index contributed by atoms with van der Waals surface area (Å²) in [5.74, 6) is 0.851. The molecule has 4 rings (SSSR count). The second kappa shape index (κ2) is 7.06. The number of amides is 1. The maximum Gasteiger partial charge on any atom is 0.231 e. The number of aryl methyl sites for hydroxylation is 2. The molecule has 0 aliphatic carbocycles. The molecule has 154 valence electrons. The lowest BCUT2D eigenvalue weighted by atomic mass is 9.79. The molecule has 1 N–H and O–H groups in total. The van der Waals surface area contributed by atoms with Crippen molar-refractivity contribution >= 4 is 11.9 Å². The quantitative estimate of drug-likeness (QED) is 0.860. The van der Waals surface area contributed by atoms with E-state index in [-0.39, 0.29) is 17.4 Å². The average molecular weight is 396 g/mol. The van der Waals surface area contributed by atoms with Gasteiger partial charge < -0.3 is 15.0 Å². The van der Waals surface area contributed by atoms with E-state index in [4.69, 9.17) is 9.72 Å². The average Bonchev–Trinajstić information content (AvgIpc) is 3.19. The molecule has 2 aromatic rings. The number of nitrogens with zero attached hydrogens (tertiary/aromatic N) is 4. The Morgan fingerprint density at radius 2 is 2.03 bits per heavy atom. The van der Waals surface area contributed by atoms with Crippen LogP contribution in [0.3, 0.4) is 0 Å². The van der Waals surface area contributed by atoms with Crippen LogP contribution in [-0.4, -0.2) is 52.7 Å². The van der Waals surface area contributed by atoms with Gasteiger partial charge >= 0.3 is 0 Å². The number of aromatic nitrogens is 3. The van der Waals surface area contributed by atoms with E-state index >= 15 is 0 Å². The number of hydrogen-bond donors (Lipinski definition) is 1. The van der Waals surface area contributed by atoms with Crippen molar-refractivity contribution in [1.82, 2.24) is 20.3 Å². The SMILES string of the molecule is Cc1ccc(-c2ccnc(N3C[C@H]4COC[C@@]4(C(=O)NC(C)(C)C)C3)n2)c(C)n1. The number of pyridine rings is 1. The van der Waals surface area contributed by atoms with E-state index in [9.17, 15) is 4.79 Å². The number of hydrogen-bond acceptors (Lipinski definition) is 6. The lowest BCUT2D eigenvalue weighted by Crippen LogP contribution is -2.52. The van der Waals surface area contributed by atoms with Crippen molar-refractivity contribution in [3.05, 3.63) is 35.8 Å². The first kappa shape index (κ1) is 19.8. The van der Waals surface area contributed by atoms with Crippen LogP contribution in [-0.2, 0) is 9.53 Å². The molecule has 4 heterocycles. The molecular weight excluding hydrogens is 366 g/mol. The number of fused-ring (bicyclic) bond motifs is 1. The maximum atomic E-state index is 13.1. The second-order valence-corrected chi connectivity index (χ2v) is 9.28. The third kappa shape index (κ3) is 3.71. The van der Waals surface area contributed by atoms with Gasteiger partial charge in [0.2, 0.25) is 11.9 Å². The molecule has 0 radical (unpaired) electrons. The number of carbonyl (C=O) groups is 1. The number of nitrogens with one attached hydrogen (secondary N) is 1. The van der Waals surface area contributed by atoms with Crippen molar-refractivity contribution < 1.29 is 9.53 Å². The van der Waals surface area contributed by atoms with Crippen LogP contribution in [0, 0.1) is 25.2 Å². The zero-order chi connectivity index (χ0) is 20.8. The lowest BCUT2D eigenvalue weighted by molar-refractivity contribution is -0.132. The van der Waals surface area contributed by atoms with Crippen LogP contribution in [0.15, 0.2) is 24.4 Å². The smallest absolute Gasteiger partial charge is 0.231 e. The van der Waals surface area contributed by atoms with Gasteiger partial charge in [-0.15, -0.1) is 0 Å². The van der Waals surface area contributed by atoms with Crippen LogP contribution in [0.5, 0.6) is 0 Å². The Bertz CT molecular complexity index is 939. The zero-order valence-corrected chi connectivity index (χ0v) is 17.8. The van der Waals surface area contributed by atoms with Crippen molar-refractivity contribution in [2.75, 3.05) is 31.2 Å². The van der Waals surface area contributed by atoms with E-state index < -0.39 is 5.41 Å². The van der Waals surface area contributed by atoms with Gasteiger partial charge in [-0.25, -0.2) is 9.97 Å². The molecule has 2 aromatic heterocycles. The molecule has 2 aliphatic rings. The summed E-state index contributed by atoms with van der Waals surface area (Å²) >= 11 is 0. The number of rotatable bonds is 3. The summed E-state index contributed by atoms with van der Waals surface area (Å²) < 4.78 is 5.72. The minimum Gasteiger partial charge on any atom is -0.380 e. The van der Waals surface area contributed by atoms with Gasteiger partial charge in [-0.2, -0.15) is 0 Å². The highest BCUT2D eigenvalue weighted by atomic mass is 16.5. The van der Waals surface area contributed by atoms with Crippen molar-refractivity contribution in [3.8, 4) is 11.3 Å². The largest absolute Gasteiger partial charge is 0.380 e. The molecule has 2 saturated heterocycles. The first-order valence-corrected chi connectivity index (χ1v) is 10.1. The van der Waals surface area contributed by atoms with Gasteiger partial charge in [-0.05, 0) is 52.8 Å².